The number of ether oxygens (including phenoxy) is 3. The number of aryl methyl sites for hydroxylation is 1. The van der Waals surface area contributed by atoms with Crippen molar-refractivity contribution in [3.63, 3.8) is 0 Å². The van der Waals surface area contributed by atoms with Gasteiger partial charge in [0.05, 0.1) is 41.6 Å². The number of phenols is 2. The zero-order valence-corrected chi connectivity index (χ0v) is 16.8. The van der Waals surface area contributed by atoms with Crippen LogP contribution in [0.3, 0.4) is 0 Å². The van der Waals surface area contributed by atoms with Crippen LogP contribution in [0.25, 0.3) is 21.8 Å². The predicted octanol–water partition coefficient (Wildman–Crippen LogP) is 2.33. The fourth-order valence-corrected chi connectivity index (χ4v) is 4.09. The van der Waals surface area contributed by atoms with Gasteiger partial charge in [0.2, 0.25) is 5.43 Å². The van der Waals surface area contributed by atoms with Gasteiger partial charge in [0.15, 0.2) is 11.5 Å². The largest absolute Gasteiger partial charge is 0.507 e. The van der Waals surface area contributed by atoms with Gasteiger partial charge in [0, 0.05) is 18.7 Å². The molecule has 0 spiro atoms. The van der Waals surface area contributed by atoms with Crippen molar-refractivity contribution >= 4 is 21.8 Å². The molecule has 0 aliphatic carbocycles. The first-order valence-electron chi connectivity index (χ1n) is 9.12. The Kier molecular flexibility index (Phi) is 4.18. The highest BCUT2D eigenvalue weighted by Crippen LogP contribution is 2.49. The standard InChI is InChI=1S/C21H23NO7/c1-21(2)20(29-21)18(26)14-12(27-4)8-11(24)13-16(14)22(3)15-9(17(13)25)6-7-10(23)19(15)28-5/h6-8,18,20,23-24,26H,1-5H3/t18-,20+/m1/s1. The third kappa shape index (κ3) is 2.63. The van der Waals surface area contributed by atoms with Gasteiger partial charge in [-0.2, -0.15) is 0 Å². The molecule has 4 rings (SSSR count). The Balaban J connectivity index is 2.22. The fraction of sp³-hybridized carbons (Fsp3) is 0.381. The average molecular weight is 401 g/mol. The second-order valence-electron chi connectivity index (χ2n) is 7.72. The number of hydrogen-bond acceptors (Lipinski definition) is 7. The minimum Gasteiger partial charge on any atom is -0.507 e. The number of hydrogen-bond donors (Lipinski definition) is 3. The number of aromatic nitrogens is 1. The summed E-state index contributed by atoms with van der Waals surface area (Å²) in [6, 6.07) is 4.16. The molecule has 0 amide bonds. The number of epoxide rings is 1. The number of rotatable bonds is 4. The molecule has 1 aromatic heterocycles. The van der Waals surface area contributed by atoms with Crippen LogP contribution in [-0.4, -0.2) is 45.8 Å². The van der Waals surface area contributed by atoms with E-state index in [-0.39, 0.29) is 39.3 Å². The lowest BCUT2D eigenvalue weighted by atomic mass is 9.94. The summed E-state index contributed by atoms with van der Waals surface area (Å²) in [5, 5.41) is 32.2. The minimum atomic E-state index is -1.10. The van der Waals surface area contributed by atoms with Crippen LogP contribution in [0.1, 0.15) is 25.5 Å². The molecule has 0 saturated carbocycles. The summed E-state index contributed by atoms with van der Waals surface area (Å²) in [5.74, 6) is -0.0504. The zero-order chi connectivity index (χ0) is 21.2. The lowest BCUT2D eigenvalue weighted by Crippen LogP contribution is -2.18. The fourth-order valence-electron chi connectivity index (χ4n) is 4.09. The van der Waals surface area contributed by atoms with Crippen molar-refractivity contribution in [2.75, 3.05) is 14.2 Å². The number of nitrogens with zero attached hydrogens (tertiary/aromatic N) is 1. The number of aliphatic hydroxyl groups excluding tert-OH is 1. The molecule has 8 heteroatoms. The first kappa shape index (κ1) is 19.4. The molecule has 1 fully saturated rings. The Morgan fingerprint density at radius 3 is 2.34 bits per heavy atom. The van der Waals surface area contributed by atoms with E-state index in [2.05, 4.69) is 0 Å². The summed E-state index contributed by atoms with van der Waals surface area (Å²) in [6.45, 7) is 3.71. The van der Waals surface area contributed by atoms with Gasteiger partial charge >= 0.3 is 0 Å². The Morgan fingerprint density at radius 2 is 1.79 bits per heavy atom. The van der Waals surface area contributed by atoms with Crippen LogP contribution in [0, 0.1) is 0 Å². The van der Waals surface area contributed by atoms with Crippen LogP contribution in [0.5, 0.6) is 23.0 Å². The predicted molar refractivity (Wildman–Crippen MR) is 107 cm³/mol. The number of methoxy groups -OCH3 is 2. The van der Waals surface area contributed by atoms with Gasteiger partial charge in [-0.25, -0.2) is 0 Å². The molecule has 1 aliphatic heterocycles. The van der Waals surface area contributed by atoms with Crippen LogP contribution < -0.4 is 14.9 Å². The number of benzene rings is 2. The molecule has 3 aromatic rings. The molecule has 2 aromatic carbocycles. The zero-order valence-electron chi connectivity index (χ0n) is 16.8. The van der Waals surface area contributed by atoms with Crippen molar-refractivity contribution in [3.05, 3.63) is 34.0 Å². The lowest BCUT2D eigenvalue weighted by Gasteiger charge is -2.22. The average Bonchev–Trinajstić information content (AvgIpc) is 3.32. The van der Waals surface area contributed by atoms with Gasteiger partial charge < -0.3 is 34.1 Å². The van der Waals surface area contributed by atoms with Crippen molar-refractivity contribution in [1.29, 1.82) is 0 Å². The first-order chi connectivity index (χ1) is 13.6. The maximum absolute atomic E-state index is 13.3. The first-order valence-corrected chi connectivity index (χ1v) is 9.12. The molecule has 2 atom stereocenters. The molecule has 154 valence electrons. The van der Waals surface area contributed by atoms with Crippen LogP contribution >= 0.6 is 0 Å². The molecular formula is C21H23NO7. The number of fused-ring (bicyclic) bond motifs is 2. The lowest BCUT2D eigenvalue weighted by molar-refractivity contribution is 0.134. The van der Waals surface area contributed by atoms with Crippen molar-refractivity contribution < 1.29 is 29.5 Å². The van der Waals surface area contributed by atoms with E-state index in [1.54, 1.807) is 11.6 Å². The normalized spacial score (nSPS) is 18.8. The van der Waals surface area contributed by atoms with E-state index in [9.17, 15) is 20.1 Å². The highest BCUT2D eigenvalue weighted by molar-refractivity contribution is 6.01. The third-order valence-electron chi connectivity index (χ3n) is 5.60. The van der Waals surface area contributed by atoms with Crippen LogP contribution in [0.15, 0.2) is 23.0 Å². The van der Waals surface area contributed by atoms with Gasteiger partial charge in [-0.05, 0) is 26.0 Å². The molecule has 1 aliphatic rings. The van der Waals surface area contributed by atoms with E-state index in [0.717, 1.165) is 0 Å². The Morgan fingerprint density at radius 1 is 1.14 bits per heavy atom. The smallest absolute Gasteiger partial charge is 0.201 e. The van der Waals surface area contributed by atoms with Crippen LogP contribution in [-0.2, 0) is 11.8 Å². The second-order valence-corrected chi connectivity index (χ2v) is 7.72. The molecule has 0 radical (unpaired) electrons. The van der Waals surface area contributed by atoms with Crippen LogP contribution in [0.2, 0.25) is 0 Å². The van der Waals surface area contributed by atoms with E-state index in [1.165, 1.54) is 32.4 Å². The molecule has 2 heterocycles. The highest BCUT2D eigenvalue weighted by atomic mass is 16.6. The molecule has 3 N–H and O–H groups in total. The second kappa shape index (κ2) is 6.27. The van der Waals surface area contributed by atoms with Crippen LogP contribution in [0.4, 0.5) is 0 Å². The Labute approximate surface area is 166 Å². The van der Waals surface area contributed by atoms with Crippen molar-refractivity contribution in [3.8, 4) is 23.0 Å². The quantitative estimate of drug-likeness (QED) is 0.454. The molecule has 1 saturated heterocycles. The summed E-state index contributed by atoms with van der Waals surface area (Å²) in [4.78, 5) is 13.3. The summed E-state index contributed by atoms with van der Waals surface area (Å²) in [5.41, 5.74) is -0.0387. The third-order valence-corrected chi connectivity index (χ3v) is 5.60. The number of pyridine rings is 1. The van der Waals surface area contributed by atoms with E-state index < -0.39 is 23.2 Å². The molecular weight excluding hydrogens is 378 g/mol. The molecule has 0 bridgehead atoms. The van der Waals surface area contributed by atoms with E-state index in [1.807, 2.05) is 13.8 Å². The minimum absolute atomic E-state index is 0.0426. The summed E-state index contributed by atoms with van der Waals surface area (Å²) < 4.78 is 18.0. The number of aromatic hydroxyl groups is 2. The van der Waals surface area contributed by atoms with Crippen molar-refractivity contribution in [2.45, 2.75) is 31.7 Å². The number of aliphatic hydroxyl groups is 1. The molecule has 0 unspecified atom stereocenters. The summed E-state index contributed by atoms with van der Waals surface area (Å²) >= 11 is 0. The maximum atomic E-state index is 13.3. The Bertz CT molecular complexity index is 1210. The number of phenolic OH excluding ortho intramolecular Hbond substituents is 2. The maximum Gasteiger partial charge on any atom is 0.201 e. The van der Waals surface area contributed by atoms with E-state index in [0.29, 0.717) is 11.1 Å². The van der Waals surface area contributed by atoms with Gasteiger partial charge in [-0.15, -0.1) is 0 Å². The Hall–Kier alpha value is -2.97. The summed E-state index contributed by atoms with van der Waals surface area (Å²) in [6.07, 6.45) is -1.60. The molecule has 8 nitrogen and oxygen atoms in total. The highest BCUT2D eigenvalue weighted by Gasteiger charge is 2.53. The van der Waals surface area contributed by atoms with Gasteiger partial charge in [0.25, 0.3) is 0 Å². The van der Waals surface area contributed by atoms with Crippen molar-refractivity contribution in [2.24, 2.45) is 7.05 Å². The van der Waals surface area contributed by atoms with Crippen molar-refractivity contribution in [1.82, 2.24) is 4.57 Å². The monoisotopic (exact) mass is 401 g/mol. The van der Waals surface area contributed by atoms with E-state index >= 15 is 0 Å². The topological polar surface area (TPSA) is 114 Å². The summed E-state index contributed by atoms with van der Waals surface area (Å²) in [7, 11) is 4.48. The van der Waals surface area contributed by atoms with Gasteiger partial charge in [-0.3, -0.25) is 4.79 Å². The SMILES string of the molecule is COc1cc(O)c2c(=O)c3ccc(O)c(OC)c3n(C)c2c1[C@@H](O)[C@@H]1OC1(C)C. The van der Waals surface area contributed by atoms with E-state index in [4.69, 9.17) is 14.2 Å². The molecule has 29 heavy (non-hydrogen) atoms. The van der Waals surface area contributed by atoms with Gasteiger partial charge in [0.1, 0.15) is 23.7 Å². The van der Waals surface area contributed by atoms with Gasteiger partial charge in [-0.1, -0.05) is 0 Å².